The standard InChI is InChI=1S/C15H24N2O/c1-13(14-6-10-16-11-7-14)17-12-15(18)8-4-2-3-5-9-15/h6-7,10-11,13,17-18H,2-5,8-9,12H2,1H3. The molecule has 1 unspecified atom stereocenters. The molecule has 0 saturated heterocycles. The highest BCUT2D eigenvalue weighted by Gasteiger charge is 2.28. The first-order valence-corrected chi connectivity index (χ1v) is 7.05. The monoisotopic (exact) mass is 248 g/mol. The fourth-order valence-corrected chi connectivity index (χ4v) is 2.68. The van der Waals surface area contributed by atoms with E-state index in [1.165, 1.54) is 18.4 Å². The molecule has 0 aliphatic heterocycles. The predicted molar refractivity (Wildman–Crippen MR) is 73.3 cm³/mol. The van der Waals surface area contributed by atoms with Gasteiger partial charge >= 0.3 is 0 Å². The third-order valence-corrected chi connectivity index (χ3v) is 3.98. The number of aromatic nitrogens is 1. The van der Waals surface area contributed by atoms with Gasteiger partial charge < -0.3 is 10.4 Å². The maximum atomic E-state index is 10.6. The number of hydrogen-bond acceptors (Lipinski definition) is 3. The zero-order valence-electron chi connectivity index (χ0n) is 11.2. The highest BCUT2D eigenvalue weighted by atomic mass is 16.3. The zero-order valence-corrected chi connectivity index (χ0v) is 11.2. The molecule has 3 nitrogen and oxygen atoms in total. The van der Waals surface area contributed by atoms with E-state index in [1.807, 2.05) is 24.5 Å². The summed E-state index contributed by atoms with van der Waals surface area (Å²) < 4.78 is 0. The summed E-state index contributed by atoms with van der Waals surface area (Å²) in [6, 6.07) is 4.31. The van der Waals surface area contributed by atoms with Gasteiger partial charge in [0, 0.05) is 25.0 Å². The van der Waals surface area contributed by atoms with Crippen molar-refractivity contribution in [3.05, 3.63) is 30.1 Å². The molecule has 1 aromatic rings. The maximum Gasteiger partial charge on any atom is 0.0771 e. The van der Waals surface area contributed by atoms with E-state index < -0.39 is 5.60 Å². The molecule has 1 atom stereocenters. The zero-order chi connectivity index (χ0) is 12.8. The quantitative estimate of drug-likeness (QED) is 0.805. The summed E-state index contributed by atoms with van der Waals surface area (Å²) in [6.07, 6.45) is 10.3. The van der Waals surface area contributed by atoms with E-state index in [4.69, 9.17) is 0 Å². The molecular weight excluding hydrogens is 224 g/mol. The van der Waals surface area contributed by atoms with Crippen molar-refractivity contribution in [3.63, 3.8) is 0 Å². The second-order valence-electron chi connectivity index (χ2n) is 5.52. The van der Waals surface area contributed by atoms with Crippen molar-refractivity contribution < 1.29 is 5.11 Å². The number of pyridine rings is 1. The first kappa shape index (κ1) is 13.5. The Hall–Kier alpha value is -0.930. The summed E-state index contributed by atoms with van der Waals surface area (Å²) >= 11 is 0. The lowest BCUT2D eigenvalue weighted by atomic mass is 9.94. The summed E-state index contributed by atoms with van der Waals surface area (Å²) in [5.41, 5.74) is 0.722. The highest BCUT2D eigenvalue weighted by Crippen LogP contribution is 2.27. The topological polar surface area (TPSA) is 45.1 Å². The lowest BCUT2D eigenvalue weighted by Gasteiger charge is -2.29. The van der Waals surface area contributed by atoms with Crippen LogP contribution >= 0.6 is 0 Å². The van der Waals surface area contributed by atoms with Crippen molar-refractivity contribution in [2.45, 2.75) is 57.1 Å². The third kappa shape index (κ3) is 3.79. The third-order valence-electron chi connectivity index (χ3n) is 3.98. The Morgan fingerprint density at radius 2 is 1.83 bits per heavy atom. The van der Waals surface area contributed by atoms with Crippen LogP contribution in [0.3, 0.4) is 0 Å². The lowest BCUT2D eigenvalue weighted by Crippen LogP contribution is -2.41. The van der Waals surface area contributed by atoms with Crippen LogP contribution in [0.1, 0.15) is 57.1 Å². The Kier molecular flexibility index (Phi) is 4.72. The van der Waals surface area contributed by atoms with Crippen LogP contribution < -0.4 is 5.32 Å². The number of aliphatic hydroxyl groups is 1. The van der Waals surface area contributed by atoms with Crippen LogP contribution in [-0.2, 0) is 0 Å². The Bertz CT molecular complexity index is 345. The van der Waals surface area contributed by atoms with Gasteiger partial charge in [-0.25, -0.2) is 0 Å². The first-order chi connectivity index (χ1) is 8.70. The minimum atomic E-state index is -0.502. The Labute approximate surface area is 110 Å². The predicted octanol–water partition coefficient (Wildman–Crippen LogP) is 2.82. The van der Waals surface area contributed by atoms with E-state index >= 15 is 0 Å². The molecule has 1 aliphatic carbocycles. The van der Waals surface area contributed by atoms with Crippen molar-refractivity contribution >= 4 is 0 Å². The normalized spacial score (nSPS) is 21.2. The van der Waals surface area contributed by atoms with E-state index in [-0.39, 0.29) is 6.04 Å². The van der Waals surface area contributed by atoms with Crippen molar-refractivity contribution in [1.29, 1.82) is 0 Å². The van der Waals surface area contributed by atoms with Crippen LogP contribution in [0, 0.1) is 0 Å². The average molecular weight is 248 g/mol. The van der Waals surface area contributed by atoms with E-state index in [9.17, 15) is 5.11 Å². The van der Waals surface area contributed by atoms with Gasteiger partial charge in [-0.05, 0) is 37.5 Å². The summed E-state index contributed by atoms with van der Waals surface area (Å²) in [6.45, 7) is 2.83. The van der Waals surface area contributed by atoms with Gasteiger partial charge in [0.2, 0.25) is 0 Å². The molecule has 0 spiro atoms. The summed E-state index contributed by atoms with van der Waals surface area (Å²) in [4.78, 5) is 4.03. The second-order valence-corrected chi connectivity index (χ2v) is 5.52. The fourth-order valence-electron chi connectivity index (χ4n) is 2.68. The summed E-state index contributed by atoms with van der Waals surface area (Å²) in [5.74, 6) is 0. The number of rotatable bonds is 4. The van der Waals surface area contributed by atoms with Crippen molar-refractivity contribution in [2.24, 2.45) is 0 Å². The van der Waals surface area contributed by atoms with Gasteiger partial charge in [0.1, 0.15) is 0 Å². The summed E-state index contributed by atoms with van der Waals surface area (Å²) in [5, 5.41) is 14.0. The number of nitrogens with zero attached hydrogens (tertiary/aromatic N) is 1. The molecule has 18 heavy (non-hydrogen) atoms. The van der Waals surface area contributed by atoms with E-state index in [0.29, 0.717) is 6.54 Å². The van der Waals surface area contributed by atoms with Gasteiger partial charge in [-0.1, -0.05) is 25.7 Å². The minimum Gasteiger partial charge on any atom is -0.389 e. The van der Waals surface area contributed by atoms with Crippen LogP contribution in [0.4, 0.5) is 0 Å². The van der Waals surface area contributed by atoms with Gasteiger partial charge in [-0.15, -0.1) is 0 Å². The lowest BCUT2D eigenvalue weighted by molar-refractivity contribution is 0.0231. The largest absolute Gasteiger partial charge is 0.389 e. The fraction of sp³-hybridized carbons (Fsp3) is 0.667. The van der Waals surface area contributed by atoms with Crippen molar-refractivity contribution in [2.75, 3.05) is 6.54 Å². The van der Waals surface area contributed by atoms with Crippen LogP contribution in [0.2, 0.25) is 0 Å². The van der Waals surface area contributed by atoms with E-state index in [0.717, 1.165) is 25.7 Å². The van der Waals surface area contributed by atoms with Gasteiger partial charge in [0.05, 0.1) is 5.60 Å². The van der Waals surface area contributed by atoms with E-state index in [2.05, 4.69) is 17.2 Å². The SMILES string of the molecule is CC(NCC1(O)CCCCCC1)c1ccncc1. The molecule has 0 radical (unpaired) electrons. The molecule has 3 heteroatoms. The second kappa shape index (κ2) is 6.30. The molecule has 100 valence electrons. The molecular formula is C15H24N2O. The van der Waals surface area contributed by atoms with Crippen LogP contribution in [0.5, 0.6) is 0 Å². The highest BCUT2D eigenvalue weighted by molar-refractivity contribution is 5.14. The van der Waals surface area contributed by atoms with Crippen LogP contribution in [0.15, 0.2) is 24.5 Å². The van der Waals surface area contributed by atoms with Crippen molar-refractivity contribution in [1.82, 2.24) is 10.3 Å². The van der Waals surface area contributed by atoms with Gasteiger partial charge in [0.25, 0.3) is 0 Å². The molecule has 1 heterocycles. The molecule has 0 bridgehead atoms. The van der Waals surface area contributed by atoms with Gasteiger partial charge in [-0.2, -0.15) is 0 Å². The first-order valence-electron chi connectivity index (χ1n) is 7.05. The van der Waals surface area contributed by atoms with Crippen LogP contribution in [0.25, 0.3) is 0 Å². The molecule has 0 amide bonds. The molecule has 1 aromatic heterocycles. The number of hydrogen-bond donors (Lipinski definition) is 2. The van der Waals surface area contributed by atoms with Crippen molar-refractivity contribution in [3.8, 4) is 0 Å². The Morgan fingerprint density at radius 3 is 2.44 bits per heavy atom. The Balaban J connectivity index is 1.86. The smallest absolute Gasteiger partial charge is 0.0771 e. The number of nitrogens with one attached hydrogen (secondary N) is 1. The molecule has 1 saturated carbocycles. The molecule has 1 aliphatic rings. The Morgan fingerprint density at radius 1 is 1.22 bits per heavy atom. The average Bonchev–Trinajstić information content (AvgIpc) is 2.62. The summed E-state index contributed by atoms with van der Waals surface area (Å²) in [7, 11) is 0. The molecule has 2 rings (SSSR count). The van der Waals surface area contributed by atoms with E-state index in [1.54, 1.807) is 0 Å². The minimum absolute atomic E-state index is 0.264. The van der Waals surface area contributed by atoms with Gasteiger partial charge in [-0.3, -0.25) is 4.98 Å². The van der Waals surface area contributed by atoms with Gasteiger partial charge in [0.15, 0.2) is 0 Å². The molecule has 1 fully saturated rings. The maximum absolute atomic E-state index is 10.6. The molecule has 2 N–H and O–H groups in total. The molecule has 0 aromatic carbocycles. The van der Waals surface area contributed by atoms with Crippen LogP contribution in [-0.4, -0.2) is 22.2 Å².